The molecule has 0 heterocycles. The Morgan fingerprint density at radius 3 is 1.12 bits per heavy atom. The second-order valence-corrected chi connectivity index (χ2v) is 8.32. The molecule has 0 aliphatic heterocycles. The van der Waals surface area contributed by atoms with Gasteiger partial charge in [0.1, 0.15) is 0 Å². The molecular formula is C30H30O2. The molecule has 0 amide bonds. The van der Waals surface area contributed by atoms with Crippen LogP contribution in [0, 0.1) is 0 Å². The smallest absolute Gasteiger partial charge is 0.0793 e. The molecule has 0 bridgehead atoms. The van der Waals surface area contributed by atoms with Crippen LogP contribution in [-0.4, -0.2) is 10.2 Å². The highest BCUT2D eigenvalue weighted by atomic mass is 16.3. The van der Waals surface area contributed by atoms with Crippen LogP contribution in [-0.2, 0) is 12.8 Å². The van der Waals surface area contributed by atoms with Crippen molar-refractivity contribution in [2.75, 3.05) is 0 Å². The summed E-state index contributed by atoms with van der Waals surface area (Å²) in [6.07, 6.45) is 2.20. The van der Waals surface area contributed by atoms with E-state index >= 15 is 0 Å². The minimum absolute atomic E-state index is 0.466. The number of hydrogen-bond acceptors (Lipinski definition) is 2. The molecule has 0 fully saturated rings. The highest BCUT2D eigenvalue weighted by Crippen LogP contribution is 2.27. The first-order chi connectivity index (χ1) is 15.7. The summed E-state index contributed by atoms with van der Waals surface area (Å²) in [7, 11) is 0. The van der Waals surface area contributed by atoms with Gasteiger partial charge in [0.15, 0.2) is 0 Å². The second kappa shape index (κ2) is 10.9. The molecule has 2 atom stereocenters. The zero-order valence-corrected chi connectivity index (χ0v) is 18.3. The Morgan fingerprint density at radius 1 is 0.438 bits per heavy atom. The predicted molar refractivity (Wildman–Crippen MR) is 131 cm³/mol. The molecule has 4 rings (SSSR count). The Balaban J connectivity index is 1.33. The lowest BCUT2D eigenvalue weighted by molar-refractivity contribution is 0.167. The van der Waals surface area contributed by atoms with E-state index in [4.69, 9.17) is 0 Å². The fraction of sp³-hybridized carbons (Fsp3) is 0.200. The molecular weight excluding hydrogens is 392 g/mol. The summed E-state index contributed by atoms with van der Waals surface area (Å²) in [5.41, 5.74) is 6.59. The fourth-order valence-corrected chi connectivity index (χ4v) is 4.02. The molecule has 2 heteroatoms. The van der Waals surface area contributed by atoms with Crippen molar-refractivity contribution in [2.24, 2.45) is 0 Å². The summed E-state index contributed by atoms with van der Waals surface area (Å²) >= 11 is 0. The van der Waals surface area contributed by atoms with Gasteiger partial charge in [0.25, 0.3) is 0 Å². The summed E-state index contributed by atoms with van der Waals surface area (Å²) < 4.78 is 0. The number of hydrogen-bond donors (Lipinski definition) is 2. The standard InChI is InChI=1S/C30H30O2/c31-29(21-11-23-7-3-1-4-8-23)27-17-13-25(14-18-27)26-15-19-28(20-16-26)30(32)22-12-24-9-5-2-6-10-24/h1-10,13-20,29-32H,11-12,21-22H2/t29-,30-/m1/s1. The third-order valence-electron chi connectivity index (χ3n) is 6.02. The van der Waals surface area contributed by atoms with Crippen LogP contribution in [0.1, 0.15) is 47.3 Å². The molecule has 4 aromatic rings. The molecule has 0 aromatic heterocycles. The molecule has 2 N–H and O–H groups in total. The van der Waals surface area contributed by atoms with Crippen LogP contribution >= 0.6 is 0 Å². The molecule has 0 unspecified atom stereocenters. The second-order valence-electron chi connectivity index (χ2n) is 8.32. The summed E-state index contributed by atoms with van der Waals surface area (Å²) in [4.78, 5) is 0. The lowest BCUT2D eigenvalue weighted by Crippen LogP contribution is -2.00. The zero-order chi connectivity index (χ0) is 22.2. The number of rotatable bonds is 9. The van der Waals surface area contributed by atoms with Crippen LogP contribution in [0.5, 0.6) is 0 Å². The van der Waals surface area contributed by atoms with Crippen LogP contribution in [0.3, 0.4) is 0 Å². The molecule has 0 radical (unpaired) electrons. The molecule has 0 aliphatic rings. The Morgan fingerprint density at radius 2 is 0.781 bits per heavy atom. The quantitative estimate of drug-likeness (QED) is 0.316. The van der Waals surface area contributed by atoms with Crippen molar-refractivity contribution in [3.05, 3.63) is 131 Å². The monoisotopic (exact) mass is 422 g/mol. The SMILES string of the molecule is O[C@H](CCc1ccccc1)c1ccc(-c2ccc([C@H](O)CCc3ccccc3)cc2)cc1. The zero-order valence-electron chi connectivity index (χ0n) is 18.3. The summed E-state index contributed by atoms with van der Waals surface area (Å²) in [6, 6.07) is 36.8. The Labute approximate surface area is 190 Å². The van der Waals surface area contributed by atoms with E-state index in [0.717, 1.165) is 35.1 Å². The lowest BCUT2D eigenvalue weighted by atomic mass is 9.96. The topological polar surface area (TPSA) is 40.5 Å². The van der Waals surface area contributed by atoms with Crippen molar-refractivity contribution in [1.29, 1.82) is 0 Å². The third kappa shape index (κ3) is 5.94. The van der Waals surface area contributed by atoms with Gasteiger partial charge in [-0.3, -0.25) is 0 Å². The number of benzene rings is 4. The van der Waals surface area contributed by atoms with Crippen molar-refractivity contribution in [3.63, 3.8) is 0 Å². The first-order valence-electron chi connectivity index (χ1n) is 11.3. The van der Waals surface area contributed by atoms with Crippen molar-refractivity contribution in [3.8, 4) is 11.1 Å². The van der Waals surface area contributed by atoms with Crippen LogP contribution in [0.2, 0.25) is 0 Å². The van der Waals surface area contributed by atoms with Gasteiger partial charge >= 0.3 is 0 Å². The number of aliphatic hydroxyl groups is 2. The Kier molecular flexibility index (Phi) is 7.50. The molecule has 4 aromatic carbocycles. The molecule has 0 spiro atoms. The van der Waals surface area contributed by atoms with Gasteiger partial charge in [0.2, 0.25) is 0 Å². The number of aryl methyl sites for hydroxylation is 2. The van der Waals surface area contributed by atoms with E-state index in [2.05, 4.69) is 48.5 Å². The molecule has 0 aliphatic carbocycles. The van der Waals surface area contributed by atoms with E-state index in [9.17, 15) is 10.2 Å². The average molecular weight is 423 g/mol. The largest absolute Gasteiger partial charge is 0.388 e. The first-order valence-corrected chi connectivity index (χ1v) is 11.3. The highest BCUT2D eigenvalue weighted by Gasteiger charge is 2.10. The Hall–Kier alpha value is -3.20. The fourth-order valence-electron chi connectivity index (χ4n) is 4.02. The van der Waals surface area contributed by atoms with Gasteiger partial charge in [-0.25, -0.2) is 0 Å². The highest BCUT2D eigenvalue weighted by molar-refractivity contribution is 5.64. The van der Waals surface area contributed by atoms with Crippen molar-refractivity contribution in [2.45, 2.75) is 37.9 Å². The summed E-state index contributed by atoms with van der Waals surface area (Å²) in [5, 5.41) is 21.1. The third-order valence-corrected chi connectivity index (χ3v) is 6.02. The molecule has 0 saturated carbocycles. The van der Waals surface area contributed by atoms with Crippen LogP contribution in [0.15, 0.2) is 109 Å². The summed E-state index contributed by atoms with van der Waals surface area (Å²) in [6.45, 7) is 0. The first kappa shape index (κ1) is 22.0. The normalized spacial score (nSPS) is 12.9. The minimum Gasteiger partial charge on any atom is -0.388 e. The van der Waals surface area contributed by atoms with Crippen LogP contribution in [0.4, 0.5) is 0 Å². The lowest BCUT2D eigenvalue weighted by Gasteiger charge is -2.13. The number of aliphatic hydroxyl groups excluding tert-OH is 2. The molecule has 2 nitrogen and oxygen atoms in total. The van der Waals surface area contributed by atoms with E-state index in [0.29, 0.717) is 12.8 Å². The molecule has 0 saturated heterocycles. The maximum atomic E-state index is 10.5. The summed E-state index contributed by atoms with van der Waals surface area (Å²) in [5.74, 6) is 0. The van der Waals surface area contributed by atoms with Crippen molar-refractivity contribution >= 4 is 0 Å². The van der Waals surface area contributed by atoms with E-state index in [-0.39, 0.29) is 0 Å². The van der Waals surface area contributed by atoms with E-state index < -0.39 is 12.2 Å². The maximum absolute atomic E-state index is 10.5. The Bertz CT molecular complexity index is 980. The van der Waals surface area contributed by atoms with Gasteiger partial charge in [-0.15, -0.1) is 0 Å². The minimum atomic E-state index is -0.466. The average Bonchev–Trinajstić information content (AvgIpc) is 2.87. The van der Waals surface area contributed by atoms with Crippen LogP contribution < -0.4 is 0 Å². The van der Waals surface area contributed by atoms with Crippen molar-refractivity contribution < 1.29 is 10.2 Å². The van der Waals surface area contributed by atoms with Gasteiger partial charge in [-0.1, -0.05) is 109 Å². The van der Waals surface area contributed by atoms with Gasteiger partial charge in [-0.2, -0.15) is 0 Å². The van der Waals surface area contributed by atoms with E-state index in [1.807, 2.05) is 60.7 Å². The van der Waals surface area contributed by atoms with Crippen molar-refractivity contribution in [1.82, 2.24) is 0 Å². The molecule has 162 valence electrons. The van der Waals surface area contributed by atoms with Gasteiger partial charge in [0, 0.05) is 0 Å². The van der Waals surface area contributed by atoms with Gasteiger partial charge < -0.3 is 10.2 Å². The molecule has 32 heavy (non-hydrogen) atoms. The predicted octanol–water partition coefficient (Wildman–Crippen LogP) is 6.69. The maximum Gasteiger partial charge on any atom is 0.0793 e. The van der Waals surface area contributed by atoms with E-state index in [1.165, 1.54) is 11.1 Å². The van der Waals surface area contributed by atoms with Gasteiger partial charge in [-0.05, 0) is 59.1 Å². The van der Waals surface area contributed by atoms with Gasteiger partial charge in [0.05, 0.1) is 12.2 Å². The van der Waals surface area contributed by atoms with E-state index in [1.54, 1.807) is 0 Å². The van der Waals surface area contributed by atoms with Crippen LogP contribution in [0.25, 0.3) is 11.1 Å².